The first-order valence-corrected chi connectivity index (χ1v) is 5.43. The number of aromatic nitrogens is 2. The molecule has 0 saturated carbocycles. The number of rotatable bonds is 2. The lowest BCUT2D eigenvalue weighted by Crippen LogP contribution is -2.37. The Hall–Kier alpha value is -1.17. The molecule has 6 heteroatoms. The van der Waals surface area contributed by atoms with Crippen LogP contribution < -0.4 is 0 Å². The normalized spacial score (nSPS) is 16.3. The highest BCUT2D eigenvalue weighted by atomic mass is 79.9. The minimum atomic E-state index is -0.284. The minimum Gasteiger partial charge on any atom is -0.449 e. The lowest BCUT2D eigenvalue weighted by atomic mass is 10.3. The van der Waals surface area contributed by atoms with E-state index in [9.17, 15) is 4.79 Å². The van der Waals surface area contributed by atoms with Crippen molar-refractivity contribution in [1.29, 1.82) is 0 Å². The summed E-state index contributed by atoms with van der Waals surface area (Å²) < 4.78 is 5.73. The van der Waals surface area contributed by atoms with Gasteiger partial charge < -0.3 is 9.64 Å². The summed E-state index contributed by atoms with van der Waals surface area (Å²) in [6.45, 7) is 1.63. The number of ether oxygens (including phenoxy) is 1. The molecule has 1 aromatic rings. The average Bonchev–Trinajstić information content (AvgIpc) is 2.25. The van der Waals surface area contributed by atoms with Crippen molar-refractivity contribution in [2.24, 2.45) is 0 Å². The largest absolute Gasteiger partial charge is 0.449 e. The number of nitrogens with zero attached hydrogens (tertiary/aromatic N) is 3. The van der Waals surface area contributed by atoms with E-state index in [1.807, 2.05) is 0 Å². The highest BCUT2D eigenvalue weighted by Crippen LogP contribution is 2.09. The first-order chi connectivity index (χ1) is 7.25. The van der Waals surface area contributed by atoms with Crippen LogP contribution in [0, 0.1) is 0 Å². The van der Waals surface area contributed by atoms with Crippen molar-refractivity contribution in [2.45, 2.75) is 13.0 Å². The second kappa shape index (κ2) is 4.57. The lowest BCUT2D eigenvalue weighted by molar-refractivity contribution is 0.0690. The fourth-order valence-corrected chi connectivity index (χ4v) is 1.54. The van der Waals surface area contributed by atoms with E-state index in [-0.39, 0.29) is 6.09 Å². The Morgan fingerprint density at radius 3 is 2.87 bits per heavy atom. The van der Waals surface area contributed by atoms with Crippen LogP contribution in [0.3, 0.4) is 0 Å². The Labute approximate surface area is 95.6 Å². The van der Waals surface area contributed by atoms with Gasteiger partial charge in [0.15, 0.2) is 0 Å². The quantitative estimate of drug-likeness (QED) is 0.820. The van der Waals surface area contributed by atoms with Crippen LogP contribution in [0.2, 0.25) is 0 Å². The SMILES string of the molecule is O=C1OCCCN1Cc1ncc(Br)cn1. The molecule has 15 heavy (non-hydrogen) atoms. The zero-order valence-corrected chi connectivity index (χ0v) is 9.61. The molecule has 1 aromatic heterocycles. The second-order valence-corrected chi connectivity index (χ2v) is 4.12. The lowest BCUT2D eigenvalue weighted by Gasteiger charge is -2.25. The van der Waals surface area contributed by atoms with Gasteiger partial charge in [0.25, 0.3) is 0 Å². The summed E-state index contributed by atoms with van der Waals surface area (Å²) in [7, 11) is 0. The maximum absolute atomic E-state index is 11.3. The van der Waals surface area contributed by atoms with Crippen LogP contribution >= 0.6 is 15.9 Å². The van der Waals surface area contributed by atoms with Gasteiger partial charge in [-0.15, -0.1) is 0 Å². The van der Waals surface area contributed by atoms with Crippen molar-refractivity contribution >= 4 is 22.0 Å². The second-order valence-electron chi connectivity index (χ2n) is 3.21. The van der Waals surface area contributed by atoms with E-state index < -0.39 is 0 Å². The summed E-state index contributed by atoms with van der Waals surface area (Å²) in [6.07, 6.45) is 3.91. The topological polar surface area (TPSA) is 55.3 Å². The van der Waals surface area contributed by atoms with Crippen LogP contribution in [-0.2, 0) is 11.3 Å². The Morgan fingerprint density at radius 1 is 1.47 bits per heavy atom. The molecule has 1 amide bonds. The van der Waals surface area contributed by atoms with Gasteiger partial charge in [0, 0.05) is 18.9 Å². The molecule has 2 heterocycles. The van der Waals surface area contributed by atoms with Gasteiger partial charge in [-0.25, -0.2) is 14.8 Å². The summed E-state index contributed by atoms with van der Waals surface area (Å²) in [6, 6.07) is 0. The Kier molecular flexibility index (Phi) is 3.15. The van der Waals surface area contributed by atoms with Crippen LogP contribution in [-0.4, -0.2) is 34.1 Å². The molecule has 80 valence electrons. The first kappa shape index (κ1) is 10.4. The zero-order chi connectivity index (χ0) is 10.7. The van der Waals surface area contributed by atoms with Crippen LogP contribution in [0.1, 0.15) is 12.2 Å². The highest BCUT2D eigenvalue weighted by Gasteiger charge is 2.20. The molecule has 0 N–H and O–H groups in total. The molecule has 0 bridgehead atoms. The van der Waals surface area contributed by atoms with Crippen molar-refractivity contribution in [3.8, 4) is 0 Å². The number of hydrogen-bond acceptors (Lipinski definition) is 4. The third-order valence-electron chi connectivity index (χ3n) is 2.06. The van der Waals surface area contributed by atoms with Crippen molar-refractivity contribution in [3.63, 3.8) is 0 Å². The van der Waals surface area contributed by atoms with Gasteiger partial charge in [-0.2, -0.15) is 0 Å². The van der Waals surface area contributed by atoms with E-state index in [1.54, 1.807) is 17.3 Å². The standard InChI is InChI=1S/C9H10BrN3O2/c10-7-4-11-8(12-5-7)6-13-2-1-3-15-9(13)14/h4-5H,1-3,6H2. The fraction of sp³-hybridized carbons (Fsp3) is 0.444. The number of carbonyl (C=O) groups is 1. The van der Waals surface area contributed by atoms with Gasteiger partial charge in [-0.1, -0.05) is 0 Å². The van der Waals surface area contributed by atoms with Gasteiger partial charge in [-0.3, -0.25) is 0 Å². The predicted octanol–water partition coefficient (Wildman–Crippen LogP) is 1.58. The molecule has 0 atom stereocenters. The number of halogens is 1. The van der Waals surface area contributed by atoms with Crippen molar-refractivity contribution in [2.75, 3.05) is 13.2 Å². The third kappa shape index (κ3) is 2.65. The van der Waals surface area contributed by atoms with Crippen molar-refractivity contribution in [1.82, 2.24) is 14.9 Å². The van der Waals surface area contributed by atoms with E-state index in [0.717, 1.165) is 10.9 Å². The molecule has 1 fully saturated rings. The summed E-state index contributed by atoms with van der Waals surface area (Å²) in [5, 5.41) is 0. The van der Waals surface area contributed by atoms with Crippen LogP contribution in [0.5, 0.6) is 0 Å². The Morgan fingerprint density at radius 2 is 2.20 bits per heavy atom. The highest BCUT2D eigenvalue weighted by molar-refractivity contribution is 9.10. The van der Waals surface area contributed by atoms with Gasteiger partial charge >= 0.3 is 6.09 Å². The van der Waals surface area contributed by atoms with E-state index in [4.69, 9.17) is 4.74 Å². The van der Waals surface area contributed by atoms with Crippen LogP contribution in [0.4, 0.5) is 4.79 Å². The maximum atomic E-state index is 11.3. The van der Waals surface area contributed by atoms with Crippen molar-refractivity contribution in [3.05, 3.63) is 22.7 Å². The smallest absolute Gasteiger partial charge is 0.410 e. The molecule has 0 aromatic carbocycles. The zero-order valence-electron chi connectivity index (χ0n) is 8.02. The summed E-state index contributed by atoms with van der Waals surface area (Å²) >= 11 is 3.25. The predicted molar refractivity (Wildman–Crippen MR) is 56.1 cm³/mol. The molecule has 1 saturated heterocycles. The molecule has 0 unspecified atom stereocenters. The van der Waals surface area contributed by atoms with Crippen LogP contribution in [0.15, 0.2) is 16.9 Å². The molecule has 1 aliphatic rings. The van der Waals surface area contributed by atoms with E-state index in [2.05, 4.69) is 25.9 Å². The molecule has 1 aliphatic heterocycles. The number of amides is 1. The van der Waals surface area contributed by atoms with E-state index in [0.29, 0.717) is 25.5 Å². The third-order valence-corrected chi connectivity index (χ3v) is 2.47. The molecule has 0 radical (unpaired) electrons. The molecular weight excluding hydrogens is 262 g/mol. The summed E-state index contributed by atoms with van der Waals surface area (Å²) in [4.78, 5) is 21.1. The maximum Gasteiger partial charge on any atom is 0.410 e. The Bertz CT molecular complexity index is 355. The fourth-order valence-electron chi connectivity index (χ4n) is 1.33. The van der Waals surface area contributed by atoms with Crippen LogP contribution in [0.25, 0.3) is 0 Å². The van der Waals surface area contributed by atoms with E-state index >= 15 is 0 Å². The van der Waals surface area contributed by atoms with Gasteiger partial charge in [-0.05, 0) is 22.4 Å². The Balaban J connectivity index is 2.01. The number of hydrogen-bond donors (Lipinski definition) is 0. The molecule has 0 spiro atoms. The van der Waals surface area contributed by atoms with E-state index in [1.165, 1.54) is 0 Å². The molecule has 2 rings (SSSR count). The number of cyclic esters (lactones) is 1. The molecule has 0 aliphatic carbocycles. The average molecular weight is 272 g/mol. The first-order valence-electron chi connectivity index (χ1n) is 4.64. The summed E-state index contributed by atoms with van der Waals surface area (Å²) in [5.74, 6) is 0.622. The van der Waals surface area contributed by atoms with Gasteiger partial charge in [0.1, 0.15) is 5.82 Å². The minimum absolute atomic E-state index is 0.284. The van der Waals surface area contributed by atoms with Gasteiger partial charge in [0.2, 0.25) is 0 Å². The monoisotopic (exact) mass is 271 g/mol. The molecule has 5 nitrogen and oxygen atoms in total. The van der Waals surface area contributed by atoms with Crippen molar-refractivity contribution < 1.29 is 9.53 Å². The van der Waals surface area contributed by atoms with Gasteiger partial charge in [0.05, 0.1) is 17.6 Å². The molecular formula is C9H10BrN3O2. The number of carbonyl (C=O) groups excluding carboxylic acids is 1. The summed E-state index contributed by atoms with van der Waals surface area (Å²) in [5.41, 5.74) is 0.